The van der Waals surface area contributed by atoms with Gasteiger partial charge in [0.15, 0.2) is 16.6 Å². The fourth-order valence-corrected chi connectivity index (χ4v) is 4.54. The first-order valence-corrected chi connectivity index (χ1v) is 10.1. The summed E-state index contributed by atoms with van der Waals surface area (Å²) in [6, 6.07) is 6.67. The zero-order valence-electron chi connectivity index (χ0n) is 16.0. The molecule has 1 aromatic heterocycles. The van der Waals surface area contributed by atoms with Gasteiger partial charge in [0.1, 0.15) is 0 Å². The molecule has 2 aliphatic rings. The van der Waals surface area contributed by atoms with E-state index in [4.69, 9.17) is 14.5 Å². The fourth-order valence-electron chi connectivity index (χ4n) is 3.44. The summed E-state index contributed by atoms with van der Waals surface area (Å²) in [7, 11) is 0. The lowest BCUT2D eigenvalue weighted by molar-refractivity contribution is 0.173. The molecule has 26 heavy (non-hydrogen) atoms. The van der Waals surface area contributed by atoms with Crippen LogP contribution in [0.15, 0.2) is 23.6 Å². The molecule has 0 N–H and O–H groups in total. The van der Waals surface area contributed by atoms with Crippen molar-refractivity contribution in [2.75, 3.05) is 37.9 Å². The normalized spacial score (nSPS) is 19.0. The van der Waals surface area contributed by atoms with E-state index in [1.807, 2.05) is 6.07 Å². The van der Waals surface area contributed by atoms with Crippen LogP contribution in [0.1, 0.15) is 45.0 Å². The minimum absolute atomic E-state index is 0.116. The highest BCUT2D eigenvalue weighted by Gasteiger charge is 2.26. The SMILES string of the molecule is CC(c1ccc2c(c1)OCO2)N1CCN(c2nc(C(C)(C)C)cs2)CC1. The Morgan fingerprint density at radius 1 is 1.08 bits per heavy atom. The van der Waals surface area contributed by atoms with Gasteiger partial charge in [0.2, 0.25) is 6.79 Å². The minimum Gasteiger partial charge on any atom is -0.454 e. The van der Waals surface area contributed by atoms with Gasteiger partial charge >= 0.3 is 0 Å². The summed E-state index contributed by atoms with van der Waals surface area (Å²) in [4.78, 5) is 9.82. The zero-order chi connectivity index (χ0) is 18.3. The Morgan fingerprint density at radius 3 is 2.50 bits per heavy atom. The van der Waals surface area contributed by atoms with Gasteiger partial charge in [0.05, 0.1) is 5.69 Å². The molecule has 0 saturated carbocycles. The molecule has 140 valence electrons. The van der Waals surface area contributed by atoms with Crippen molar-refractivity contribution in [2.24, 2.45) is 0 Å². The molecule has 3 heterocycles. The number of thiazole rings is 1. The van der Waals surface area contributed by atoms with E-state index < -0.39 is 0 Å². The molecule has 5 nitrogen and oxygen atoms in total. The molecule has 1 atom stereocenters. The van der Waals surface area contributed by atoms with Crippen LogP contribution in [0, 0.1) is 0 Å². The van der Waals surface area contributed by atoms with Gasteiger partial charge in [-0.1, -0.05) is 26.8 Å². The van der Waals surface area contributed by atoms with Crippen molar-refractivity contribution in [3.8, 4) is 11.5 Å². The third-order valence-electron chi connectivity index (χ3n) is 5.27. The van der Waals surface area contributed by atoms with Gasteiger partial charge in [-0.3, -0.25) is 4.90 Å². The van der Waals surface area contributed by atoms with Crippen LogP contribution in [0.3, 0.4) is 0 Å². The first-order chi connectivity index (χ1) is 12.4. The molecule has 1 saturated heterocycles. The van der Waals surface area contributed by atoms with Crippen molar-refractivity contribution >= 4 is 16.5 Å². The smallest absolute Gasteiger partial charge is 0.231 e. The van der Waals surface area contributed by atoms with E-state index in [1.54, 1.807) is 11.3 Å². The first-order valence-electron chi connectivity index (χ1n) is 9.26. The second-order valence-electron chi connectivity index (χ2n) is 8.08. The van der Waals surface area contributed by atoms with Crippen LogP contribution in [-0.2, 0) is 5.41 Å². The number of anilines is 1. The Balaban J connectivity index is 1.39. The van der Waals surface area contributed by atoms with Gasteiger partial charge in [0.25, 0.3) is 0 Å². The molecule has 0 bridgehead atoms. The molecule has 0 radical (unpaired) electrons. The number of hydrogen-bond donors (Lipinski definition) is 0. The number of benzene rings is 1. The third kappa shape index (κ3) is 3.40. The van der Waals surface area contributed by atoms with Crippen LogP contribution in [-0.4, -0.2) is 42.9 Å². The Kier molecular flexibility index (Phi) is 4.57. The van der Waals surface area contributed by atoms with E-state index in [1.165, 1.54) is 11.3 Å². The number of fused-ring (bicyclic) bond motifs is 1. The third-order valence-corrected chi connectivity index (χ3v) is 6.17. The number of piperazine rings is 1. The Morgan fingerprint density at radius 2 is 1.81 bits per heavy atom. The summed E-state index contributed by atoms with van der Waals surface area (Å²) >= 11 is 1.77. The summed E-state index contributed by atoms with van der Waals surface area (Å²) in [6.45, 7) is 13.4. The van der Waals surface area contributed by atoms with Crippen LogP contribution >= 0.6 is 11.3 Å². The van der Waals surface area contributed by atoms with E-state index in [2.05, 4.69) is 55.0 Å². The van der Waals surface area contributed by atoms with E-state index in [9.17, 15) is 0 Å². The predicted octanol–water partition coefficient (Wildman–Crippen LogP) is 4.05. The molecule has 1 fully saturated rings. The average Bonchev–Trinajstić information content (AvgIpc) is 3.29. The largest absolute Gasteiger partial charge is 0.454 e. The van der Waals surface area contributed by atoms with Gasteiger partial charge in [-0.2, -0.15) is 0 Å². The summed E-state index contributed by atoms with van der Waals surface area (Å²) in [5.41, 5.74) is 2.59. The molecule has 1 unspecified atom stereocenters. The number of hydrogen-bond acceptors (Lipinski definition) is 6. The summed E-state index contributed by atoms with van der Waals surface area (Å²) in [5, 5.41) is 3.36. The number of rotatable bonds is 3. The zero-order valence-corrected chi connectivity index (χ0v) is 16.8. The Bertz CT molecular complexity index is 776. The van der Waals surface area contributed by atoms with Crippen LogP contribution in [0.2, 0.25) is 0 Å². The second-order valence-corrected chi connectivity index (χ2v) is 8.91. The monoisotopic (exact) mass is 373 g/mol. The molecule has 2 aromatic rings. The highest BCUT2D eigenvalue weighted by Crippen LogP contribution is 2.36. The van der Waals surface area contributed by atoms with Gasteiger partial charge in [-0.05, 0) is 24.6 Å². The lowest BCUT2D eigenvalue weighted by atomic mass is 9.93. The van der Waals surface area contributed by atoms with E-state index in [0.717, 1.165) is 42.8 Å². The lowest BCUT2D eigenvalue weighted by Crippen LogP contribution is -2.47. The summed E-state index contributed by atoms with van der Waals surface area (Å²) < 4.78 is 10.9. The molecular weight excluding hydrogens is 346 g/mol. The molecule has 6 heteroatoms. The Hall–Kier alpha value is -1.79. The molecule has 2 aliphatic heterocycles. The molecule has 4 rings (SSSR count). The molecule has 0 aliphatic carbocycles. The fraction of sp³-hybridized carbons (Fsp3) is 0.550. The van der Waals surface area contributed by atoms with Crippen LogP contribution < -0.4 is 14.4 Å². The standard InChI is InChI=1S/C20H27N3O2S/c1-14(15-5-6-16-17(11-15)25-13-24-16)22-7-9-23(10-8-22)19-21-18(12-26-19)20(2,3)4/h5-6,11-12,14H,7-10,13H2,1-4H3. The van der Waals surface area contributed by atoms with Crippen molar-refractivity contribution in [2.45, 2.75) is 39.2 Å². The van der Waals surface area contributed by atoms with Crippen molar-refractivity contribution in [3.63, 3.8) is 0 Å². The quantitative estimate of drug-likeness (QED) is 0.811. The number of aromatic nitrogens is 1. The average molecular weight is 374 g/mol. The van der Waals surface area contributed by atoms with Gasteiger partial charge < -0.3 is 14.4 Å². The maximum Gasteiger partial charge on any atom is 0.231 e. The molecular formula is C20H27N3O2S. The predicted molar refractivity (Wildman–Crippen MR) is 106 cm³/mol. The second kappa shape index (κ2) is 6.74. The van der Waals surface area contributed by atoms with Crippen molar-refractivity contribution in [1.29, 1.82) is 0 Å². The molecule has 0 spiro atoms. The maximum absolute atomic E-state index is 5.53. The Labute approximate surface area is 159 Å². The van der Waals surface area contributed by atoms with Crippen LogP contribution in [0.5, 0.6) is 11.5 Å². The highest BCUT2D eigenvalue weighted by atomic mass is 32.1. The first kappa shape index (κ1) is 17.6. The molecule has 0 amide bonds. The van der Waals surface area contributed by atoms with Crippen molar-refractivity contribution in [3.05, 3.63) is 34.8 Å². The lowest BCUT2D eigenvalue weighted by Gasteiger charge is -2.38. The minimum atomic E-state index is 0.116. The summed E-state index contributed by atoms with van der Waals surface area (Å²) in [6.07, 6.45) is 0. The maximum atomic E-state index is 5.53. The number of nitrogens with zero attached hydrogens (tertiary/aromatic N) is 3. The molecule has 1 aromatic carbocycles. The topological polar surface area (TPSA) is 37.8 Å². The van der Waals surface area contributed by atoms with Gasteiger partial charge in [-0.15, -0.1) is 11.3 Å². The van der Waals surface area contributed by atoms with Crippen molar-refractivity contribution < 1.29 is 9.47 Å². The number of ether oxygens (including phenoxy) is 2. The van der Waals surface area contributed by atoms with Gasteiger partial charge in [0, 0.05) is 43.0 Å². The highest BCUT2D eigenvalue weighted by molar-refractivity contribution is 7.13. The summed E-state index contributed by atoms with van der Waals surface area (Å²) in [5.74, 6) is 1.72. The van der Waals surface area contributed by atoms with E-state index >= 15 is 0 Å². The van der Waals surface area contributed by atoms with Crippen LogP contribution in [0.25, 0.3) is 0 Å². The van der Waals surface area contributed by atoms with Crippen molar-refractivity contribution in [1.82, 2.24) is 9.88 Å². The van der Waals surface area contributed by atoms with E-state index in [-0.39, 0.29) is 5.41 Å². The van der Waals surface area contributed by atoms with Gasteiger partial charge in [-0.25, -0.2) is 4.98 Å². The van der Waals surface area contributed by atoms with E-state index in [0.29, 0.717) is 12.8 Å². The van der Waals surface area contributed by atoms with Crippen LogP contribution in [0.4, 0.5) is 5.13 Å².